The fourth-order valence-electron chi connectivity index (χ4n) is 3.85. The Balaban J connectivity index is 1.69. The molecule has 2 atom stereocenters. The molecule has 2 saturated carbocycles. The zero-order valence-corrected chi connectivity index (χ0v) is 12.8. The van der Waals surface area contributed by atoms with Gasteiger partial charge in [0, 0.05) is 12.0 Å². The van der Waals surface area contributed by atoms with Crippen LogP contribution in [0.3, 0.4) is 0 Å². The fourth-order valence-corrected chi connectivity index (χ4v) is 3.85. The van der Waals surface area contributed by atoms with Crippen LogP contribution in [-0.2, 0) is 0 Å². The van der Waals surface area contributed by atoms with Gasteiger partial charge in [-0.3, -0.25) is 0 Å². The standard InChI is InChI=1S/C16H27N3O/c1-11-7-9-12(10-8-11)15-18-16(20-19-15)13-5-3-4-6-14(13)17-2/h11-14,17H,3-10H2,1-2H3. The van der Waals surface area contributed by atoms with Crippen molar-refractivity contribution in [1.82, 2.24) is 15.5 Å². The molecular weight excluding hydrogens is 250 g/mol. The first-order valence-electron chi connectivity index (χ1n) is 8.28. The van der Waals surface area contributed by atoms with Crippen molar-refractivity contribution in [2.45, 2.75) is 76.2 Å². The van der Waals surface area contributed by atoms with Crippen LogP contribution in [-0.4, -0.2) is 23.2 Å². The number of hydrogen-bond donors (Lipinski definition) is 1. The molecule has 0 saturated heterocycles. The molecule has 20 heavy (non-hydrogen) atoms. The van der Waals surface area contributed by atoms with Crippen LogP contribution in [0.4, 0.5) is 0 Å². The van der Waals surface area contributed by atoms with Crippen LogP contribution in [0, 0.1) is 5.92 Å². The average Bonchev–Trinajstić information content (AvgIpc) is 2.97. The highest BCUT2D eigenvalue weighted by Gasteiger charge is 2.31. The van der Waals surface area contributed by atoms with Crippen molar-refractivity contribution < 1.29 is 4.52 Å². The predicted molar refractivity (Wildman–Crippen MR) is 78.7 cm³/mol. The van der Waals surface area contributed by atoms with Gasteiger partial charge in [-0.25, -0.2) is 0 Å². The summed E-state index contributed by atoms with van der Waals surface area (Å²) in [6, 6.07) is 0.503. The summed E-state index contributed by atoms with van der Waals surface area (Å²) in [5.74, 6) is 3.65. The summed E-state index contributed by atoms with van der Waals surface area (Å²) in [7, 11) is 2.04. The van der Waals surface area contributed by atoms with Crippen molar-refractivity contribution in [3.8, 4) is 0 Å². The SMILES string of the molecule is CNC1CCCCC1c1nc(C2CCC(C)CC2)no1. The van der Waals surface area contributed by atoms with E-state index in [0.717, 1.165) is 17.6 Å². The lowest BCUT2D eigenvalue weighted by Gasteiger charge is -2.28. The topological polar surface area (TPSA) is 51.0 Å². The van der Waals surface area contributed by atoms with E-state index in [0.29, 0.717) is 17.9 Å². The summed E-state index contributed by atoms with van der Waals surface area (Å²) in [4.78, 5) is 4.76. The minimum absolute atomic E-state index is 0.414. The Morgan fingerprint density at radius 2 is 1.80 bits per heavy atom. The van der Waals surface area contributed by atoms with Gasteiger partial charge in [-0.15, -0.1) is 0 Å². The van der Waals surface area contributed by atoms with Gasteiger partial charge in [0.05, 0.1) is 5.92 Å². The van der Waals surface area contributed by atoms with E-state index in [4.69, 9.17) is 9.51 Å². The second-order valence-corrected chi connectivity index (χ2v) is 6.73. The van der Waals surface area contributed by atoms with Crippen LogP contribution < -0.4 is 5.32 Å². The summed E-state index contributed by atoms with van der Waals surface area (Å²) in [5.41, 5.74) is 0. The van der Waals surface area contributed by atoms with Crippen molar-refractivity contribution in [3.63, 3.8) is 0 Å². The zero-order valence-electron chi connectivity index (χ0n) is 12.8. The third-order valence-corrected chi connectivity index (χ3v) is 5.29. The van der Waals surface area contributed by atoms with E-state index in [1.807, 2.05) is 7.05 Å². The Morgan fingerprint density at radius 3 is 2.55 bits per heavy atom. The smallest absolute Gasteiger partial charge is 0.231 e. The second kappa shape index (κ2) is 6.25. The van der Waals surface area contributed by atoms with Gasteiger partial charge in [-0.05, 0) is 38.6 Å². The Kier molecular flexibility index (Phi) is 4.39. The lowest BCUT2D eigenvalue weighted by molar-refractivity contribution is 0.267. The van der Waals surface area contributed by atoms with Crippen LogP contribution in [0.1, 0.15) is 81.8 Å². The molecule has 2 aliphatic rings. The molecule has 0 amide bonds. The van der Waals surface area contributed by atoms with E-state index in [2.05, 4.69) is 17.4 Å². The summed E-state index contributed by atoms with van der Waals surface area (Å²) in [5, 5.41) is 7.71. The molecule has 0 spiro atoms. The Bertz CT molecular complexity index is 423. The van der Waals surface area contributed by atoms with Gasteiger partial charge < -0.3 is 9.84 Å². The quantitative estimate of drug-likeness (QED) is 0.917. The number of aromatic nitrogens is 2. The van der Waals surface area contributed by atoms with Gasteiger partial charge in [0.1, 0.15) is 0 Å². The minimum atomic E-state index is 0.414. The van der Waals surface area contributed by atoms with Gasteiger partial charge in [0.25, 0.3) is 0 Å². The van der Waals surface area contributed by atoms with E-state index >= 15 is 0 Å². The van der Waals surface area contributed by atoms with Crippen LogP contribution in [0.5, 0.6) is 0 Å². The number of nitrogens with one attached hydrogen (secondary N) is 1. The van der Waals surface area contributed by atoms with Crippen LogP contribution >= 0.6 is 0 Å². The highest BCUT2D eigenvalue weighted by Crippen LogP contribution is 2.36. The molecule has 2 unspecified atom stereocenters. The first-order chi connectivity index (χ1) is 9.78. The normalized spacial score (nSPS) is 35.1. The van der Waals surface area contributed by atoms with E-state index < -0.39 is 0 Å². The van der Waals surface area contributed by atoms with Gasteiger partial charge >= 0.3 is 0 Å². The Labute approximate surface area is 121 Å². The van der Waals surface area contributed by atoms with Gasteiger partial charge in [-0.2, -0.15) is 4.98 Å². The average molecular weight is 277 g/mol. The van der Waals surface area contributed by atoms with E-state index in [1.54, 1.807) is 0 Å². The number of rotatable bonds is 3. The molecule has 1 N–H and O–H groups in total. The Morgan fingerprint density at radius 1 is 1.05 bits per heavy atom. The van der Waals surface area contributed by atoms with Crippen molar-refractivity contribution in [2.75, 3.05) is 7.05 Å². The van der Waals surface area contributed by atoms with Crippen molar-refractivity contribution in [2.24, 2.45) is 5.92 Å². The van der Waals surface area contributed by atoms with Crippen molar-refractivity contribution in [1.29, 1.82) is 0 Å². The van der Waals surface area contributed by atoms with Crippen molar-refractivity contribution in [3.05, 3.63) is 11.7 Å². The zero-order chi connectivity index (χ0) is 13.9. The van der Waals surface area contributed by atoms with E-state index in [1.165, 1.54) is 51.4 Å². The molecule has 0 bridgehead atoms. The van der Waals surface area contributed by atoms with E-state index in [-0.39, 0.29) is 0 Å². The first kappa shape index (κ1) is 14.1. The van der Waals surface area contributed by atoms with Crippen LogP contribution in [0.2, 0.25) is 0 Å². The summed E-state index contributed by atoms with van der Waals surface area (Å²) in [6.07, 6.45) is 10.0. The van der Waals surface area contributed by atoms with Gasteiger partial charge in [0.15, 0.2) is 5.82 Å². The molecule has 0 radical (unpaired) electrons. The maximum absolute atomic E-state index is 5.62. The number of likely N-dealkylation sites (N-methyl/N-ethyl adjacent to an activating group) is 1. The van der Waals surface area contributed by atoms with Gasteiger partial charge in [-0.1, -0.05) is 37.8 Å². The molecule has 4 nitrogen and oxygen atoms in total. The molecule has 112 valence electrons. The molecule has 3 rings (SSSR count). The summed E-state index contributed by atoms with van der Waals surface area (Å²) in [6.45, 7) is 2.34. The minimum Gasteiger partial charge on any atom is -0.339 e. The first-order valence-corrected chi connectivity index (χ1v) is 8.28. The molecule has 0 aromatic carbocycles. The fraction of sp³-hybridized carbons (Fsp3) is 0.875. The molecule has 1 aromatic heterocycles. The van der Waals surface area contributed by atoms with Crippen LogP contribution in [0.25, 0.3) is 0 Å². The third-order valence-electron chi connectivity index (χ3n) is 5.29. The molecule has 1 aromatic rings. The largest absolute Gasteiger partial charge is 0.339 e. The highest BCUT2D eigenvalue weighted by atomic mass is 16.5. The molecule has 2 aliphatic carbocycles. The number of hydrogen-bond acceptors (Lipinski definition) is 4. The highest BCUT2D eigenvalue weighted by molar-refractivity contribution is 5.04. The number of nitrogens with zero attached hydrogens (tertiary/aromatic N) is 2. The lowest BCUT2D eigenvalue weighted by atomic mass is 9.82. The predicted octanol–water partition coefficient (Wildman–Crippen LogP) is 3.61. The lowest BCUT2D eigenvalue weighted by Crippen LogP contribution is -2.34. The maximum atomic E-state index is 5.62. The Hall–Kier alpha value is -0.900. The molecule has 2 fully saturated rings. The molecule has 1 heterocycles. The van der Waals surface area contributed by atoms with Crippen molar-refractivity contribution >= 4 is 0 Å². The van der Waals surface area contributed by atoms with E-state index in [9.17, 15) is 0 Å². The summed E-state index contributed by atoms with van der Waals surface area (Å²) >= 11 is 0. The monoisotopic (exact) mass is 277 g/mol. The second-order valence-electron chi connectivity index (χ2n) is 6.73. The molecular formula is C16H27N3O. The molecule has 0 aliphatic heterocycles. The summed E-state index contributed by atoms with van der Waals surface area (Å²) < 4.78 is 5.62. The maximum Gasteiger partial charge on any atom is 0.231 e. The third kappa shape index (κ3) is 2.90. The van der Waals surface area contributed by atoms with Gasteiger partial charge in [0.2, 0.25) is 5.89 Å². The molecule has 4 heteroatoms. The van der Waals surface area contributed by atoms with Crippen LogP contribution in [0.15, 0.2) is 4.52 Å².